The first kappa shape index (κ1) is 11.7. The average Bonchev–Trinajstić information content (AvgIpc) is 2.93. The molecule has 0 aliphatic heterocycles. The lowest BCUT2D eigenvalue weighted by Crippen LogP contribution is -1.97. The highest BCUT2D eigenvalue weighted by Gasteiger charge is 2.02. The van der Waals surface area contributed by atoms with E-state index in [1.165, 1.54) is 11.3 Å². The number of aromatic nitrogens is 1. The molecule has 0 saturated heterocycles. The molecule has 3 nitrogen and oxygen atoms in total. The molecule has 19 heavy (non-hydrogen) atoms. The Morgan fingerprint density at radius 3 is 3.00 bits per heavy atom. The van der Waals surface area contributed by atoms with E-state index in [-0.39, 0.29) is 0 Å². The van der Waals surface area contributed by atoms with Crippen molar-refractivity contribution in [3.8, 4) is 6.07 Å². The minimum atomic E-state index is 0.730. The molecule has 0 aliphatic carbocycles. The molecular formula is C15H11N3S. The molecule has 3 aromatic rings. The van der Waals surface area contributed by atoms with Crippen LogP contribution in [-0.2, 0) is 6.54 Å². The van der Waals surface area contributed by atoms with Gasteiger partial charge in [0.1, 0.15) is 10.9 Å². The minimum absolute atomic E-state index is 0.730. The predicted octanol–water partition coefficient (Wildman–Crippen LogP) is 3.78. The number of rotatable bonds is 3. The number of nitrogens with one attached hydrogen (secondary N) is 1. The van der Waals surface area contributed by atoms with Crippen LogP contribution in [0.15, 0.2) is 48.8 Å². The van der Waals surface area contributed by atoms with E-state index in [9.17, 15) is 0 Å². The highest BCUT2D eigenvalue weighted by Crippen LogP contribution is 2.24. The van der Waals surface area contributed by atoms with Gasteiger partial charge in [0.25, 0.3) is 0 Å². The second kappa shape index (κ2) is 5.09. The van der Waals surface area contributed by atoms with Gasteiger partial charge in [-0.1, -0.05) is 12.1 Å². The number of pyridine rings is 1. The summed E-state index contributed by atoms with van der Waals surface area (Å²) in [6.07, 6.45) is 3.66. The third-order valence-electron chi connectivity index (χ3n) is 2.91. The first-order chi connectivity index (χ1) is 9.36. The molecule has 4 heteroatoms. The smallest absolute Gasteiger partial charge is 0.110 e. The number of nitrogens with zero attached hydrogens (tertiary/aromatic N) is 2. The Morgan fingerprint density at radius 1 is 1.21 bits per heavy atom. The van der Waals surface area contributed by atoms with E-state index in [1.807, 2.05) is 36.5 Å². The average molecular weight is 265 g/mol. The second-order valence-corrected chi connectivity index (χ2v) is 5.30. The van der Waals surface area contributed by atoms with Crippen molar-refractivity contribution in [3.05, 3.63) is 58.5 Å². The Balaban J connectivity index is 1.84. The fraction of sp³-hybridized carbons (Fsp3) is 0.0667. The summed E-state index contributed by atoms with van der Waals surface area (Å²) in [4.78, 5) is 6.03. The van der Waals surface area contributed by atoms with Gasteiger partial charge in [0.15, 0.2) is 0 Å². The maximum absolute atomic E-state index is 8.81. The zero-order chi connectivity index (χ0) is 13.1. The number of benzene rings is 1. The van der Waals surface area contributed by atoms with Gasteiger partial charge in [-0.3, -0.25) is 4.98 Å². The molecule has 0 atom stereocenters. The lowest BCUT2D eigenvalue weighted by atomic mass is 10.1. The van der Waals surface area contributed by atoms with E-state index in [1.54, 1.807) is 6.20 Å². The molecule has 0 bridgehead atoms. The Bertz CT molecular complexity index is 750. The second-order valence-electron chi connectivity index (χ2n) is 4.13. The molecule has 2 heterocycles. The molecule has 3 rings (SSSR count). The van der Waals surface area contributed by atoms with Crippen molar-refractivity contribution in [2.75, 3.05) is 5.32 Å². The Labute approximate surface area is 115 Å². The minimum Gasteiger partial charge on any atom is -0.380 e. The van der Waals surface area contributed by atoms with Crippen LogP contribution in [0.2, 0.25) is 0 Å². The molecular weight excluding hydrogens is 254 g/mol. The van der Waals surface area contributed by atoms with Gasteiger partial charge in [0, 0.05) is 40.3 Å². The number of hydrogen-bond donors (Lipinski definition) is 1. The van der Waals surface area contributed by atoms with Crippen LogP contribution < -0.4 is 5.32 Å². The summed E-state index contributed by atoms with van der Waals surface area (Å²) in [6, 6.07) is 14.1. The largest absolute Gasteiger partial charge is 0.380 e. The molecule has 0 radical (unpaired) electrons. The maximum Gasteiger partial charge on any atom is 0.110 e. The van der Waals surface area contributed by atoms with Crippen LogP contribution in [0.5, 0.6) is 0 Å². The van der Waals surface area contributed by atoms with Gasteiger partial charge in [-0.2, -0.15) is 5.26 Å². The quantitative estimate of drug-likeness (QED) is 0.784. The van der Waals surface area contributed by atoms with Crippen LogP contribution in [0, 0.1) is 11.3 Å². The van der Waals surface area contributed by atoms with Crippen LogP contribution in [0.25, 0.3) is 10.8 Å². The van der Waals surface area contributed by atoms with E-state index in [0.29, 0.717) is 0 Å². The highest BCUT2D eigenvalue weighted by atomic mass is 32.1. The Kier molecular flexibility index (Phi) is 3.13. The summed E-state index contributed by atoms with van der Waals surface area (Å²) in [5, 5.41) is 14.5. The van der Waals surface area contributed by atoms with E-state index >= 15 is 0 Å². The number of thiophene rings is 1. The third-order valence-corrected chi connectivity index (χ3v) is 3.90. The zero-order valence-electron chi connectivity index (χ0n) is 10.1. The van der Waals surface area contributed by atoms with Gasteiger partial charge < -0.3 is 5.32 Å². The zero-order valence-corrected chi connectivity index (χ0v) is 10.9. The summed E-state index contributed by atoms with van der Waals surface area (Å²) >= 11 is 1.52. The molecule has 0 amide bonds. The summed E-state index contributed by atoms with van der Waals surface area (Å²) in [6.45, 7) is 0.730. The molecule has 0 spiro atoms. The van der Waals surface area contributed by atoms with Crippen LogP contribution in [-0.4, -0.2) is 4.98 Å². The number of fused-ring (bicyclic) bond motifs is 1. The van der Waals surface area contributed by atoms with E-state index in [4.69, 9.17) is 5.26 Å². The van der Waals surface area contributed by atoms with Crippen molar-refractivity contribution in [2.24, 2.45) is 0 Å². The number of anilines is 1. The SMILES string of the molecule is N#Cc1ccc(CNc2cccc3cnccc23)s1. The van der Waals surface area contributed by atoms with Gasteiger partial charge in [-0.05, 0) is 24.3 Å². The van der Waals surface area contributed by atoms with Crippen molar-refractivity contribution in [2.45, 2.75) is 6.54 Å². The van der Waals surface area contributed by atoms with Crippen molar-refractivity contribution in [1.82, 2.24) is 4.98 Å². The molecule has 0 unspecified atom stereocenters. The molecule has 0 saturated carbocycles. The lowest BCUT2D eigenvalue weighted by molar-refractivity contribution is 1.20. The third kappa shape index (κ3) is 2.42. The van der Waals surface area contributed by atoms with E-state index in [2.05, 4.69) is 22.4 Å². The Morgan fingerprint density at radius 2 is 2.16 bits per heavy atom. The van der Waals surface area contributed by atoms with E-state index in [0.717, 1.165) is 32.8 Å². The van der Waals surface area contributed by atoms with Crippen LogP contribution in [0.4, 0.5) is 5.69 Å². The first-order valence-corrected chi connectivity index (χ1v) is 6.74. The van der Waals surface area contributed by atoms with Gasteiger partial charge in [0.2, 0.25) is 0 Å². The first-order valence-electron chi connectivity index (χ1n) is 5.92. The van der Waals surface area contributed by atoms with Crippen LogP contribution >= 0.6 is 11.3 Å². The fourth-order valence-corrected chi connectivity index (χ4v) is 2.74. The van der Waals surface area contributed by atoms with Crippen molar-refractivity contribution in [3.63, 3.8) is 0 Å². The van der Waals surface area contributed by atoms with Gasteiger partial charge >= 0.3 is 0 Å². The van der Waals surface area contributed by atoms with Gasteiger partial charge in [-0.15, -0.1) is 11.3 Å². The van der Waals surface area contributed by atoms with Crippen molar-refractivity contribution >= 4 is 27.8 Å². The topological polar surface area (TPSA) is 48.7 Å². The number of nitriles is 1. The standard InChI is InChI=1S/C15H11N3S/c16-8-12-4-5-13(19-12)10-18-15-3-1-2-11-9-17-7-6-14(11)15/h1-7,9,18H,10H2. The van der Waals surface area contributed by atoms with E-state index < -0.39 is 0 Å². The molecule has 2 aromatic heterocycles. The van der Waals surface area contributed by atoms with Gasteiger partial charge in [-0.25, -0.2) is 0 Å². The normalized spacial score (nSPS) is 10.3. The molecule has 1 N–H and O–H groups in total. The van der Waals surface area contributed by atoms with Gasteiger partial charge in [0.05, 0.1) is 0 Å². The van der Waals surface area contributed by atoms with Crippen LogP contribution in [0.1, 0.15) is 9.75 Å². The van der Waals surface area contributed by atoms with Crippen molar-refractivity contribution < 1.29 is 0 Å². The highest BCUT2D eigenvalue weighted by molar-refractivity contribution is 7.12. The maximum atomic E-state index is 8.81. The molecule has 1 aromatic carbocycles. The predicted molar refractivity (Wildman–Crippen MR) is 78.1 cm³/mol. The molecule has 0 aliphatic rings. The lowest BCUT2D eigenvalue weighted by Gasteiger charge is -2.08. The molecule has 0 fully saturated rings. The fourth-order valence-electron chi connectivity index (χ4n) is 1.99. The summed E-state index contributed by atoms with van der Waals surface area (Å²) < 4.78 is 0. The summed E-state index contributed by atoms with van der Waals surface area (Å²) in [5.74, 6) is 0. The van der Waals surface area contributed by atoms with Crippen molar-refractivity contribution in [1.29, 1.82) is 5.26 Å². The Hall–Kier alpha value is -2.38. The summed E-state index contributed by atoms with van der Waals surface area (Å²) in [7, 11) is 0. The molecule has 92 valence electrons. The monoisotopic (exact) mass is 265 g/mol. The van der Waals surface area contributed by atoms with Crippen LogP contribution in [0.3, 0.4) is 0 Å². The summed E-state index contributed by atoms with van der Waals surface area (Å²) in [5.41, 5.74) is 1.09. The number of hydrogen-bond acceptors (Lipinski definition) is 4.